The van der Waals surface area contributed by atoms with Crippen molar-refractivity contribution >= 4 is 0 Å². The first-order valence-electron chi connectivity index (χ1n) is 5.85. The molecule has 0 saturated heterocycles. The summed E-state index contributed by atoms with van der Waals surface area (Å²) in [5.41, 5.74) is 4.73. The Balaban J connectivity index is 2.29. The molecule has 1 saturated carbocycles. The number of hydrazine groups is 1. The van der Waals surface area contributed by atoms with Gasteiger partial charge in [0.25, 0.3) is 0 Å². The van der Waals surface area contributed by atoms with Gasteiger partial charge in [0, 0.05) is 11.5 Å². The number of hydrogen-bond acceptors (Lipinski definition) is 2. The van der Waals surface area contributed by atoms with Crippen LogP contribution in [-0.4, -0.2) is 6.04 Å². The highest BCUT2D eigenvalue weighted by Gasteiger charge is 2.44. The first-order valence-corrected chi connectivity index (χ1v) is 5.85. The SMILES string of the molecule is CCC(NN)C1(c2ccccc2)CCC1. The van der Waals surface area contributed by atoms with E-state index in [-0.39, 0.29) is 0 Å². The Morgan fingerprint density at radius 3 is 2.40 bits per heavy atom. The second-order valence-electron chi connectivity index (χ2n) is 4.50. The second kappa shape index (κ2) is 4.33. The maximum absolute atomic E-state index is 5.67. The summed E-state index contributed by atoms with van der Waals surface area (Å²) in [5.74, 6) is 5.67. The molecule has 1 aromatic carbocycles. The van der Waals surface area contributed by atoms with Gasteiger partial charge in [-0.15, -0.1) is 0 Å². The molecule has 1 fully saturated rings. The van der Waals surface area contributed by atoms with Crippen LogP contribution in [-0.2, 0) is 5.41 Å². The Morgan fingerprint density at radius 2 is 2.00 bits per heavy atom. The number of benzene rings is 1. The minimum Gasteiger partial charge on any atom is -0.271 e. The molecule has 82 valence electrons. The number of rotatable bonds is 4. The van der Waals surface area contributed by atoms with E-state index in [1.807, 2.05) is 0 Å². The zero-order valence-electron chi connectivity index (χ0n) is 9.37. The van der Waals surface area contributed by atoms with Crippen LogP contribution in [0, 0.1) is 0 Å². The van der Waals surface area contributed by atoms with E-state index in [1.54, 1.807) is 0 Å². The van der Waals surface area contributed by atoms with E-state index in [0.717, 1.165) is 6.42 Å². The molecule has 1 unspecified atom stereocenters. The molecular weight excluding hydrogens is 184 g/mol. The lowest BCUT2D eigenvalue weighted by Gasteiger charge is -2.48. The summed E-state index contributed by atoms with van der Waals surface area (Å²) in [4.78, 5) is 0. The van der Waals surface area contributed by atoms with Crippen LogP contribution in [0.2, 0.25) is 0 Å². The quantitative estimate of drug-likeness (QED) is 0.583. The number of nitrogens with two attached hydrogens (primary N) is 1. The smallest absolute Gasteiger partial charge is 0.0304 e. The topological polar surface area (TPSA) is 38.0 Å². The Labute approximate surface area is 91.8 Å². The van der Waals surface area contributed by atoms with Gasteiger partial charge in [-0.25, -0.2) is 0 Å². The van der Waals surface area contributed by atoms with E-state index in [0.29, 0.717) is 11.5 Å². The van der Waals surface area contributed by atoms with Crippen molar-refractivity contribution in [1.29, 1.82) is 0 Å². The van der Waals surface area contributed by atoms with Gasteiger partial charge in [-0.2, -0.15) is 0 Å². The van der Waals surface area contributed by atoms with Crippen molar-refractivity contribution in [1.82, 2.24) is 5.43 Å². The van der Waals surface area contributed by atoms with Gasteiger partial charge >= 0.3 is 0 Å². The minimum absolute atomic E-state index is 0.296. The van der Waals surface area contributed by atoms with Gasteiger partial charge in [0.1, 0.15) is 0 Å². The fourth-order valence-corrected chi connectivity index (χ4v) is 2.83. The highest BCUT2D eigenvalue weighted by atomic mass is 15.2. The third-order valence-corrected chi connectivity index (χ3v) is 3.87. The van der Waals surface area contributed by atoms with Gasteiger partial charge in [0.05, 0.1) is 0 Å². The van der Waals surface area contributed by atoms with E-state index in [4.69, 9.17) is 5.84 Å². The molecule has 1 atom stereocenters. The lowest BCUT2D eigenvalue weighted by atomic mass is 9.59. The third kappa shape index (κ3) is 1.68. The van der Waals surface area contributed by atoms with Crippen LogP contribution in [0.4, 0.5) is 0 Å². The molecular formula is C13H20N2. The van der Waals surface area contributed by atoms with E-state index < -0.39 is 0 Å². The fourth-order valence-electron chi connectivity index (χ4n) is 2.83. The summed E-state index contributed by atoms with van der Waals surface area (Å²) < 4.78 is 0. The predicted molar refractivity (Wildman–Crippen MR) is 63.4 cm³/mol. The molecule has 15 heavy (non-hydrogen) atoms. The van der Waals surface area contributed by atoms with Crippen molar-refractivity contribution in [2.45, 2.75) is 44.1 Å². The van der Waals surface area contributed by atoms with Crippen LogP contribution < -0.4 is 11.3 Å². The second-order valence-corrected chi connectivity index (χ2v) is 4.50. The van der Waals surface area contributed by atoms with Gasteiger partial charge in [-0.05, 0) is 24.8 Å². The van der Waals surface area contributed by atoms with Crippen LogP contribution in [0.25, 0.3) is 0 Å². The Morgan fingerprint density at radius 1 is 1.33 bits per heavy atom. The monoisotopic (exact) mass is 204 g/mol. The third-order valence-electron chi connectivity index (χ3n) is 3.87. The van der Waals surface area contributed by atoms with Crippen LogP contribution in [0.1, 0.15) is 38.2 Å². The average Bonchev–Trinajstić information content (AvgIpc) is 2.24. The van der Waals surface area contributed by atoms with E-state index in [9.17, 15) is 0 Å². The molecule has 3 N–H and O–H groups in total. The largest absolute Gasteiger partial charge is 0.271 e. The molecule has 0 spiro atoms. The zero-order valence-corrected chi connectivity index (χ0v) is 9.37. The average molecular weight is 204 g/mol. The summed E-state index contributed by atoms with van der Waals surface area (Å²) in [7, 11) is 0. The van der Waals surface area contributed by atoms with Crippen molar-refractivity contribution in [3.05, 3.63) is 35.9 Å². The number of hydrogen-bond donors (Lipinski definition) is 2. The molecule has 0 aromatic heterocycles. The maximum atomic E-state index is 5.67. The fraction of sp³-hybridized carbons (Fsp3) is 0.538. The van der Waals surface area contributed by atoms with Crippen molar-refractivity contribution in [2.75, 3.05) is 0 Å². The van der Waals surface area contributed by atoms with Crippen molar-refractivity contribution in [3.63, 3.8) is 0 Å². The molecule has 0 heterocycles. The highest BCUT2D eigenvalue weighted by Crippen LogP contribution is 2.46. The van der Waals surface area contributed by atoms with E-state index in [1.165, 1.54) is 24.8 Å². The molecule has 0 bridgehead atoms. The standard InChI is InChI=1S/C13H20N2/c1-2-12(15-14)13(9-6-10-13)11-7-4-3-5-8-11/h3-5,7-8,12,15H,2,6,9-10,14H2,1H3. The van der Waals surface area contributed by atoms with Gasteiger partial charge in [-0.3, -0.25) is 11.3 Å². The molecule has 1 aliphatic carbocycles. The number of nitrogens with one attached hydrogen (secondary N) is 1. The summed E-state index contributed by atoms with van der Waals surface area (Å²) >= 11 is 0. The van der Waals surface area contributed by atoms with Crippen LogP contribution >= 0.6 is 0 Å². The van der Waals surface area contributed by atoms with Crippen molar-refractivity contribution < 1.29 is 0 Å². The molecule has 2 heteroatoms. The Bertz CT molecular complexity index is 300. The minimum atomic E-state index is 0.296. The van der Waals surface area contributed by atoms with E-state index in [2.05, 4.69) is 42.7 Å². The predicted octanol–water partition coefficient (Wildman–Crippen LogP) is 2.35. The Kier molecular flexibility index (Phi) is 3.08. The van der Waals surface area contributed by atoms with E-state index >= 15 is 0 Å². The lowest BCUT2D eigenvalue weighted by molar-refractivity contribution is 0.165. The zero-order chi connectivity index (χ0) is 10.7. The Hall–Kier alpha value is -0.860. The molecule has 2 rings (SSSR count). The first-order chi connectivity index (χ1) is 7.33. The molecule has 1 aliphatic rings. The summed E-state index contributed by atoms with van der Waals surface area (Å²) in [5, 5.41) is 0. The van der Waals surface area contributed by atoms with Crippen LogP contribution in [0.15, 0.2) is 30.3 Å². The molecule has 0 radical (unpaired) electrons. The molecule has 1 aromatic rings. The summed E-state index contributed by atoms with van der Waals surface area (Å²) in [6.07, 6.45) is 4.94. The van der Waals surface area contributed by atoms with Gasteiger partial charge in [-0.1, -0.05) is 43.7 Å². The van der Waals surface area contributed by atoms with Gasteiger partial charge < -0.3 is 0 Å². The molecule has 0 amide bonds. The maximum Gasteiger partial charge on any atom is 0.0304 e. The highest BCUT2D eigenvalue weighted by molar-refractivity contribution is 5.30. The van der Waals surface area contributed by atoms with Crippen molar-refractivity contribution in [3.8, 4) is 0 Å². The summed E-state index contributed by atoms with van der Waals surface area (Å²) in [6, 6.07) is 11.2. The van der Waals surface area contributed by atoms with Crippen molar-refractivity contribution in [2.24, 2.45) is 5.84 Å². The first kappa shape index (κ1) is 10.7. The van der Waals surface area contributed by atoms with Gasteiger partial charge in [0.2, 0.25) is 0 Å². The molecule has 0 aliphatic heterocycles. The van der Waals surface area contributed by atoms with Crippen LogP contribution in [0.5, 0.6) is 0 Å². The normalized spacial score (nSPS) is 20.7. The van der Waals surface area contributed by atoms with Gasteiger partial charge in [0.15, 0.2) is 0 Å². The summed E-state index contributed by atoms with van der Waals surface area (Å²) in [6.45, 7) is 2.20. The molecule has 2 nitrogen and oxygen atoms in total. The lowest BCUT2D eigenvalue weighted by Crippen LogP contribution is -2.54. The van der Waals surface area contributed by atoms with Crippen LogP contribution in [0.3, 0.4) is 0 Å².